The smallest absolute Gasteiger partial charge is 0.00259 e. The summed E-state index contributed by atoms with van der Waals surface area (Å²) >= 11 is 0. The van der Waals surface area contributed by atoms with Crippen LogP contribution in [0.25, 0.3) is 110 Å². The van der Waals surface area contributed by atoms with Crippen LogP contribution < -0.4 is 0 Å². The normalized spacial score (nSPS) is 11.6. The monoisotopic (exact) mass is 708 g/mol. The molecule has 0 aliphatic heterocycles. The minimum absolute atomic E-state index is 1.21. The molecule has 0 aliphatic rings. The van der Waals surface area contributed by atoms with E-state index in [2.05, 4.69) is 218 Å². The third-order valence-corrected chi connectivity index (χ3v) is 11.6. The Morgan fingerprint density at radius 2 is 0.500 bits per heavy atom. The van der Waals surface area contributed by atoms with Crippen LogP contribution in [0.2, 0.25) is 0 Å². The van der Waals surface area contributed by atoms with E-state index in [0.717, 1.165) is 0 Å². The summed E-state index contributed by atoms with van der Waals surface area (Å²) in [6.07, 6.45) is 0. The predicted octanol–water partition coefficient (Wildman–Crippen LogP) is 15.7. The Morgan fingerprint density at radius 3 is 0.821 bits per heavy atom. The van der Waals surface area contributed by atoms with Crippen LogP contribution in [0.15, 0.2) is 218 Å². The highest BCUT2D eigenvalue weighted by molar-refractivity contribution is 6.34. The van der Waals surface area contributed by atoms with Gasteiger partial charge in [-0.05, 0) is 134 Å². The van der Waals surface area contributed by atoms with Crippen LogP contribution in [0.5, 0.6) is 0 Å². The van der Waals surface area contributed by atoms with Gasteiger partial charge in [-0.15, -0.1) is 0 Å². The quantitative estimate of drug-likeness (QED) is 0.119. The van der Waals surface area contributed by atoms with Gasteiger partial charge in [0.2, 0.25) is 0 Å². The summed E-state index contributed by atoms with van der Waals surface area (Å²) in [7, 11) is 0. The van der Waals surface area contributed by atoms with Crippen LogP contribution in [-0.2, 0) is 0 Å². The standard InChI is InChI=1S/C56H36/c1-5-17-37(18-6-1)45-27-15-28-46(38-19-7-2-8-20-38)55(45)43-33-41-25-13-31-49-50-32-14-26-42-34-44(36-52(54(42)50)51(35-43)53(41)49)56-47(39-21-9-3-10-22-39)29-16-30-48(56)40-23-11-4-12-24-40/h1-36H. The van der Waals surface area contributed by atoms with Gasteiger partial charge < -0.3 is 0 Å². The lowest BCUT2D eigenvalue weighted by Gasteiger charge is -2.21. The first-order valence-electron chi connectivity index (χ1n) is 19.4. The molecule has 0 atom stereocenters. The van der Waals surface area contributed by atoms with Gasteiger partial charge in [-0.2, -0.15) is 0 Å². The van der Waals surface area contributed by atoms with Crippen molar-refractivity contribution in [3.63, 3.8) is 0 Å². The SMILES string of the molecule is c1ccc(-c2cccc(-c3ccccc3)c2-c2cc3cccc4c5cccc6cc(-c7c(-c8ccccc8)cccc7-c7ccccc7)cc(c(c2)c34)c65)cc1. The van der Waals surface area contributed by atoms with E-state index >= 15 is 0 Å². The zero-order valence-electron chi connectivity index (χ0n) is 30.8. The molecule has 0 bridgehead atoms. The number of hydrogen-bond donors (Lipinski definition) is 0. The Kier molecular flexibility index (Phi) is 7.60. The van der Waals surface area contributed by atoms with Gasteiger partial charge in [0.1, 0.15) is 0 Å². The van der Waals surface area contributed by atoms with Gasteiger partial charge in [0.15, 0.2) is 0 Å². The highest BCUT2D eigenvalue weighted by Gasteiger charge is 2.21. The second kappa shape index (κ2) is 13.2. The van der Waals surface area contributed by atoms with Crippen molar-refractivity contribution in [1.82, 2.24) is 0 Å². The zero-order valence-corrected chi connectivity index (χ0v) is 30.8. The summed E-state index contributed by atoms with van der Waals surface area (Å²) in [5, 5.41) is 10.3. The van der Waals surface area contributed by atoms with Gasteiger partial charge in [0, 0.05) is 0 Å². The molecule has 260 valence electrons. The van der Waals surface area contributed by atoms with Gasteiger partial charge in [-0.25, -0.2) is 0 Å². The van der Waals surface area contributed by atoms with Gasteiger partial charge in [-0.1, -0.05) is 194 Å². The van der Waals surface area contributed by atoms with Crippen LogP contribution in [0.3, 0.4) is 0 Å². The van der Waals surface area contributed by atoms with Crippen LogP contribution in [0.1, 0.15) is 0 Å². The second-order valence-electron chi connectivity index (χ2n) is 14.8. The average molecular weight is 709 g/mol. The maximum Gasteiger partial charge on any atom is -0.00259 e. The van der Waals surface area contributed by atoms with Crippen LogP contribution >= 0.6 is 0 Å². The summed E-state index contributed by atoms with van der Waals surface area (Å²) in [4.78, 5) is 0. The highest BCUT2D eigenvalue weighted by atomic mass is 14.2. The Hall–Kier alpha value is -7.28. The van der Waals surface area contributed by atoms with E-state index in [9.17, 15) is 0 Å². The molecule has 0 saturated heterocycles. The molecule has 0 spiro atoms. The highest BCUT2D eigenvalue weighted by Crippen LogP contribution is 2.48. The predicted molar refractivity (Wildman–Crippen MR) is 240 cm³/mol. The minimum atomic E-state index is 1.21. The van der Waals surface area contributed by atoms with Crippen molar-refractivity contribution < 1.29 is 0 Å². The molecular formula is C56H36. The molecular weight excluding hydrogens is 673 g/mol. The molecule has 0 aromatic heterocycles. The van der Waals surface area contributed by atoms with E-state index in [1.165, 1.54) is 110 Å². The summed E-state index contributed by atoms with van der Waals surface area (Å²) in [6.45, 7) is 0. The third kappa shape index (κ3) is 5.22. The molecule has 0 aliphatic carbocycles. The van der Waals surface area contributed by atoms with Crippen LogP contribution in [0.4, 0.5) is 0 Å². The lowest BCUT2D eigenvalue weighted by atomic mass is 9.82. The van der Waals surface area contributed by atoms with Gasteiger partial charge in [0.25, 0.3) is 0 Å². The van der Waals surface area contributed by atoms with Crippen molar-refractivity contribution in [3.05, 3.63) is 218 Å². The molecule has 0 saturated carbocycles. The van der Waals surface area contributed by atoms with Gasteiger partial charge in [-0.3, -0.25) is 0 Å². The van der Waals surface area contributed by atoms with Crippen LogP contribution in [-0.4, -0.2) is 0 Å². The van der Waals surface area contributed by atoms with Crippen molar-refractivity contribution in [2.75, 3.05) is 0 Å². The van der Waals surface area contributed by atoms with Crippen LogP contribution in [0, 0.1) is 0 Å². The van der Waals surface area contributed by atoms with Crippen molar-refractivity contribution in [1.29, 1.82) is 0 Å². The number of fused-ring (bicyclic) bond motifs is 2. The molecule has 0 amide bonds. The summed E-state index contributed by atoms with van der Waals surface area (Å²) in [5.41, 5.74) is 14.7. The first-order chi connectivity index (χ1) is 27.8. The van der Waals surface area contributed by atoms with Crippen molar-refractivity contribution in [3.8, 4) is 66.8 Å². The van der Waals surface area contributed by atoms with Gasteiger partial charge >= 0.3 is 0 Å². The van der Waals surface area contributed by atoms with E-state index in [0.29, 0.717) is 0 Å². The Balaban J connectivity index is 1.27. The first-order valence-corrected chi connectivity index (χ1v) is 19.4. The maximum absolute atomic E-state index is 2.48. The average Bonchev–Trinajstić information content (AvgIpc) is 3.28. The molecule has 11 aromatic carbocycles. The molecule has 11 rings (SSSR count). The lowest BCUT2D eigenvalue weighted by molar-refractivity contribution is 1.57. The zero-order chi connectivity index (χ0) is 37.0. The molecule has 0 radical (unpaired) electrons. The van der Waals surface area contributed by atoms with Gasteiger partial charge in [0.05, 0.1) is 0 Å². The van der Waals surface area contributed by atoms with E-state index in [4.69, 9.17) is 0 Å². The molecule has 0 heteroatoms. The Morgan fingerprint density at radius 1 is 0.196 bits per heavy atom. The summed E-state index contributed by atoms with van der Waals surface area (Å²) in [5.74, 6) is 0. The number of benzene rings is 11. The Bertz CT molecular complexity index is 2860. The molecule has 0 heterocycles. The van der Waals surface area contributed by atoms with Crippen molar-refractivity contribution in [2.45, 2.75) is 0 Å². The molecule has 56 heavy (non-hydrogen) atoms. The number of hydrogen-bond acceptors (Lipinski definition) is 0. The molecule has 0 N–H and O–H groups in total. The van der Waals surface area contributed by atoms with E-state index in [1.807, 2.05) is 0 Å². The fourth-order valence-corrected chi connectivity index (χ4v) is 9.18. The maximum atomic E-state index is 2.48. The largest absolute Gasteiger partial charge is 0.0622 e. The third-order valence-electron chi connectivity index (χ3n) is 11.6. The van der Waals surface area contributed by atoms with Crippen molar-refractivity contribution >= 4 is 43.1 Å². The fraction of sp³-hybridized carbons (Fsp3) is 0. The fourth-order valence-electron chi connectivity index (χ4n) is 9.18. The topological polar surface area (TPSA) is 0 Å². The molecule has 0 unspecified atom stereocenters. The summed E-state index contributed by atoms with van der Waals surface area (Å²) in [6, 6.07) is 80.4. The first kappa shape index (κ1) is 32.2. The lowest BCUT2D eigenvalue weighted by Crippen LogP contribution is -1.94. The Labute approximate surface area is 326 Å². The van der Waals surface area contributed by atoms with Crippen molar-refractivity contribution in [2.24, 2.45) is 0 Å². The molecule has 0 nitrogen and oxygen atoms in total. The van der Waals surface area contributed by atoms with E-state index in [-0.39, 0.29) is 0 Å². The minimum Gasteiger partial charge on any atom is -0.0622 e. The second-order valence-corrected chi connectivity index (χ2v) is 14.8. The van der Waals surface area contributed by atoms with E-state index < -0.39 is 0 Å². The molecule has 11 aromatic rings. The summed E-state index contributed by atoms with van der Waals surface area (Å²) < 4.78 is 0. The van der Waals surface area contributed by atoms with E-state index in [1.54, 1.807) is 0 Å². The molecule has 0 fully saturated rings. The number of rotatable bonds is 6.